The van der Waals surface area contributed by atoms with Gasteiger partial charge in [-0.05, 0) is 12.0 Å². The number of carbonyl (C=O) groups is 2. The van der Waals surface area contributed by atoms with E-state index in [4.69, 9.17) is 9.84 Å². The van der Waals surface area contributed by atoms with E-state index in [0.29, 0.717) is 6.61 Å². The van der Waals surface area contributed by atoms with E-state index in [9.17, 15) is 9.59 Å². The second-order valence-electron chi connectivity index (χ2n) is 3.78. The minimum Gasteiger partial charge on any atom is -0.481 e. The summed E-state index contributed by atoms with van der Waals surface area (Å²) >= 11 is 0. The summed E-state index contributed by atoms with van der Waals surface area (Å²) in [6.45, 7) is 0.568. The van der Waals surface area contributed by atoms with Gasteiger partial charge in [-0.25, -0.2) is 0 Å². The highest BCUT2D eigenvalue weighted by Gasteiger charge is 2.02. The molecule has 18 heavy (non-hydrogen) atoms. The first-order chi connectivity index (χ1) is 8.68. The molecule has 0 saturated carbocycles. The molecule has 0 aromatic heterocycles. The average molecular weight is 251 g/mol. The van der Waals surface area contributed by atoms with Gasteiger partial charge in [0.25, 0.3) is 0 Å². The maximum Gasteiger partial charge on any atom is 0.305 e. The fourth-order valence-corrected chi connectivity index (χ4v) is 1.36. The number of carboxylic acid groups (broad SMARTS) is 1. The summed E-state index contributed by atoms with van der Waals surface area (Å²) < 4.78 is 5.20. The molecule has 0 aliphatic carbocycles. The van der Waals surface area contributed by atoms with E-state index in [1.165, 1.54) is 0 Å². The molecule has 0 aliphatic heterocycles. The van der Waals surface area contributed by atoms with Crippen molar-refractivity contribution in [2.45, 2.75) is 12.8 Å². The lowest BCUT2D eigenvalue weighted by molar-refractivity contribution is -0.137. The molecule has 0 unspecified atom stereocenters. The molecule has 5 heteroatoms. The molecule has 1 amide bonds. The zero-order valence-corrected chi connectivity index (χ0v) is 10.1. The molecule has 1 aromatic carbocycles. The second kappa shape index (κ2) is 8.25. The average Bonchev–Trinajstić information content (AvgIpc) is 2.35. The monoisotopic (exact) mass is 251 g/mol. The van der Waals surface area contributed by atoms with E-state index in [1.807, 2.05) is 30.3 Å². The third-order valence-corrected chi connectivity index (χ3v) is 2.27. The number of carboxylic acids is 1. The van der Waals surface area contributed by atoms with Crippen molar-refractivity contribution in [2.24, 2.45) is 0 Å². The maximum absolute atomic E-state index is 11.2. The highest BCUT2D eigenvalue weighted by Crippen LogP contribution is 1.99. The Morgan fingerprint density at radius 3 is 2.61 bits per heavy atom. The van der Waals surface area contributed by atoms with Crippen LogP contribution in [0.15, 0.2) is 30.3 Å². The van der Waals surface area contributed by atoms with Gasteiger partial charge in [-0.3, -0.25) is 9.59 Å². The Morgan fingerprint density at radius 1 is 1.22 bits per heavy atom. The molecule has 0 atom stereocenters. The minimum absolute atomic E-state index is 0.0353. The van der Waals surface area contributed by atoms with Crippen molar-refractivity contribution in [3.05, 3.63) is 35.9 Å². The van der Waals surface area contributed by atoms with Gasteiger partial charge < -0.3 is 15.2 Å². The van der Waals surface area contributed by atoms with Gasteiger partial charge in [0.15, 0.2) is 0 Å². The van der Waals surface area contributed by atoms with Crippen LogP contribution in [0.3, 0.4) is 0 Å². The number of rotatable bonds is 8. The first-order valence-corrected chi connectivity index (χ1v) is 5.78. The minimum atomic E-state index is -0.930. The summed E-state index contributed by atoms with van der Waals surface area (Å²) in [5.74, 6) is -1.22. The van der Waals surface area contributed by atoms with Crippen molar-refractivity contribution < 1.29 is 19.4 Å². The van der Waals surface area contributed by atoms with Crippen LogP contribution in [-0.2, 0) is 20.7 Å². The molecule has 1 rings (SSSR count). The Labute approximate surface area is 106 Å². The molecule has 0 saturated heterocycles. The Kier molecular flexibility index (Phi) is 6.50. The zero-order valence-electron chi connectivity index (χ0n) is 10.1. The van der Waals surface area contributed by atoms with Gasteiger partial charge in [0.1, 0.15) is 6.61 Å². The van der Waals surface area contributed by atoms with E-state index in [0.717, 1.165) is 12.0 Å². The van der Waals surface area contributed by atoms with Crippen LogP contribution >= 0.6 is 0 Å². The lowest BCUT2D eigenvalue weighted by Crippen LogP contribution is -2.29. The van der Waals surface area contributed by atoms with Crippen molar-refractivity contribution in [2.75, 3.05) is 19.8 Å². The van der Waals surface area contributed by atoms with Gasteiger partial charge in [-0.1, -0.05) is 30.3 Å². The number of ether oxygens (including phenoxy) is 1. The summed E-state index contributed by atoms with van der Waals surface area (Å²) in [7, 11) is 0. The van der Waals surface area contributed by atoms with Crippen molar-refractivity contribution in [1.82, 2.24) is 5.32 Å². The van der Waals surface area contributed by atoms with Crippen LogP contribution in [-0.4, -0.2) is 36.7 Å². The van der Waals surface area contributed by atoms with Crippen LogP contribution in [0.25, 0.3) is 0 Å². The van der Waals surface area contributed by atoms with Crippen LogP contribution < -0.4 is 5.32 Å². The zero-order chi connectivity index (χ0) is 13.2. The quantitative estimate of drug-likeness (QED) is 0.671. The van der Waals surface area contributed by atoms with Crippen LogP contribution in [0.2, 0.25) is 0 Å². The molecule has 0 radical (unpaired) electrons. The van der Waals surface area contributed by atoms with Crippen molar-refractivity contribution in [3.8, 4) is 0 Å². The van der Waals surface area contributed by atoms with Gasteiger partial charge in [0.05, 0.1) is 13.0 Å². The van der Waals surface area contributed by atoms with Crippen LogP contribution in [0.5, 0.6) is 0 Å². The topological polar surface area (TPSA) is 75.6 Å². The van der Waals surface area contributed by atoms with Gasteiger partial charge in [-0.2, -0.15) is 0 Å². The van der Waals surface area contributed by atoms with E-state index in [-0.39, 0.29) is 25.5 Å². The molecule has 0 spiro atoms. The van der Waals surface area contributed by atoms with Crippen LogP contribution in [0.4, 0.5) is 0 Å². The van der Waals surface area contributed by atoms with Crippen molar-refractivity contribution >= 4 is 11.9 Å². The smallest absolute Gasteiger partial charge is 0.305 e. The molecule has 5 nitrogen and oxygen atoms in total. The summed E-state index contributed by atoms with van der Waals surface area (Å²) in [5, 5.41) is 10.9. The number of hydrogen-bond acceptors (Lipinski definition) is 3. The van der Waals surface area contributed by atoms with Gasteiger partial charge >= 0.3 is 5.97 Å². The van der Waals surface area contributed by atoms with E-state index in [2.05, 4.69) is 5.32 Å². The third-order valence-electron chi connectivity index (χ3n) is 2.27. The number of carbonyl (C=O) groups excluding carboxylic acids is 1. The number of nitrogens with one attached hydrogen (secondary N) is 1. The molecule has 2 N–H and O–H groups in total. The summed E-state index contributed by atoms with van der Waals surface area (Å²) in [4.78, 5) is 21.4. The number of benzene rings is 1. The fraction of sp³-hybridized carbons (Fsp3) is 0.385. The molecule has 0 heterocycles. The summed E-state index contributed by atoms with van der Waals surface area (Å²) in [6, 6.07) is 9.84. The van der Waals surface area contributed by atoms with Crippen LogP contribution in [0.1, 0.15) is 12.0 Å². The SMILES string of the molecule is O=C(O)CCNC(=O)COCCc1ccccc1. The van der Waals surface area contributed by atoms with Gasteiger partial charge in [-0.15, -0.1) is 0 Å². The van der Waals surface area contributed by atoms with Crippen LogP contribution in [0, 0.1) is 0 Å². The first-order valence-electron chi connectivity index (χ1n) is 5.78. The number of aliphatic carboxylic acids is 1. The van der Waals surface area contributed by atoms with E-state index < -0.39 is 5.97 Å². The predicted molar refractivity (Wildman–Crippen MR) is 66.2 cm³/mol. The molecular weight excluding hydrogens is 234 g/mol. The highest BCUT2D eigenvalue weighted by atomic mass is 16.5. The van der Waals surface area contributed by atoms with Crippen molar-refractivity contribution in [3.63, 3.8) is 0 Å². The Balaban J connectivity index is 2.04. The van der Waals surface area contributed by atoms with E-state index >= 15 is 0 Å². The Hall–Kier alpha value is -1.88. The lowest BCUT2D eigenvalue weighted by Gasteiger charge is -2.05. The fourth-order valence-electron chi connectivity index (χ4n) is 1.36. The summed E-state index contributed by atoms with van der Waals surface area (Å²) in [5.41, 5.74) is 1.16. The molecule has 1 aromatic rings. The molecular formula is C13H17NO4. The van der Waals surface area contributed by atoms with E-state index in [1.54, 1.807) is 0 Å². The molecule has 0 bridgehead atoms. The molecule has 0 fully saturated rings. The van der Waals surface area contributed by atoms with Gasteiger partial charge in [0, 0.05) is 6.54 Å². The van der Waals surface area contributed by atoms with Gasteiger partial charge in [0.2, 0.25) is 5.91 Å². The summed E-state index contributed by atoms with van der Waals surface area (Å²) in [6.07, 6.45) is 0.680. The number of hydrogen-bond donors (Lipinski definition) is 2. The maximum atomic E-state index is 11.2. The third kappa shape index (κ3) is 6.65. The lowest BCUT2D eigenvalue weighted by atomic mass is 10.2. The largest absolute Gasteiger partial charge is 0.481 e. The molecule has 0 aliphatic rings. The first kappa shape index (κ1) is 14.2. The van der Waals surface area contributed by atoms with Crippen molar-refractivity contribution in [1.29, 1.82) is 0 Å². The second-order valence-corrected chi connectivity index (χ2v) is 3.78. The number of amides is 1. The normalized spacial score (nSPS) is 10.0. The predicted octanol–water partition coefficient (Wildman–Crippen LogP) is 0.837. The Morgan fingerprint density at radius 2 is 1.94 bits per heavy atom. The molecule has 98 valence electrons. The highest BCUT2D eigenvalue weighted by molar-refractivity contribution is 5.77. The Bertz CT molecular complexity index is 378. The standard InChI is InChI=1S/C13H17NO4/c15-12(14-8-6-13(16)17)10-18-9-7-11-4-2-1-3-5-11/h1-5H,6-10H2,(H,14,15)(H,16,17).